The monoisotopic (exact) mass is 356 g/mol. The number of rotatable bonds is 18. The fourth-order valence-electron chi connectivity index (χ4n) is 2.55. The van der Waals surface area contributed by atoms with E-state index in [4.69, 9.17) is 9.99 Å². The minimum absolute atomic E-state index is 0.152. The van der Waals surface area contributed by atoms with Gasteiger partial charge in [-0.2, -0.15) is 4.89 Å². The third kappa shape index (κ3) is 19.3. The van der Waals surface area contributed by atoms with E-state index >= 15 is 0 Å². The Morgan fingerprint density at radius 3 is 1.96 bits per heavy atom. The van der Waals surface area contributed by atoms with E-state index in [9.17, 15) is 4.79 Å². The maximum Gasteiger partial charge on any atom is 0.342 e. The molecule has 1 unspecified atom stereocenters. The second kappa shape index (κ2) is 19.5. The third-order valence-electron chi connectivity index (χ3n) is 4.21. The van der Waals surface area contributed by atoms with Gasteiger partial charge >= 0.3 is 5.97 Å². The molecule has 0 bridgehead atoms. The summed E-state index contributed by atoms with van der Waals surface area (Å²) in [6, 6.07) is 0. The first-order valence-corrected chi connectivity index (χ1v) is 10.3. The van der Waals surface area contributed by atoms with Gasteiger partial charge in [0.1, 0.15) is 6.10 Å². The molecule has 0 spiro atoms. The van der Waals surface area contributed by atoms with Gasteiger partial charge in [0, 0.05) is 6.42 Å². The van der Waals surface area contributed by atoms with Crippen molar-refractivity contribution in [3.8, 4) is 0 Å². The normalized spacial score (nSPS) is 12.6. The van der Waals surface area contributed by atoms with E-state index in [1.54, 1.807) is 6.92 Å². The molecule has 0 aromatic carbocycles. The Morgan fingerprint density at radius 1 is 0.880 bits per heavy atom. The van der Waals surface area contributed by atoms with E-state index in [0.29, 0.717) is 6.42 Å². The number of carbonyl (C=O) groups is 1. The Balaban J connectivity index is 3.22. The van der Waals surface area contributed by atoms with Gasteiger partial charge in [0.15, 0.2) is 0 Å². The maximum absolute atomic E-state index is 11.4. The average molecular weight is 357 g/mol. The molecule has 25 heavy (non-hydrogen) atoms. The summed E-state index contributed by atoms with van der Waals surface area (Å²) in [5.41, 5.74) is 0. The number of allylic oxidation sites excluding steroid dienone is 2. The number of hydrogen-bond acceptors (Lipinski definition) is 4. The summed E-state index contributed by atoms with van der Waals surface area (Å²) in [5, 5.41) is 8.74. The van der Waals surface area contributed by atoms with Crippen molar-refractivity contribution in [2.24, 2.45) is 0 Å². The molecule has 0 aliphatic carbocycles. The van der Waals surface area contributed by atoms with Crippen molar-refractivity contribution in [2.45, 2.75) is 110 Å². The standard InChI is InChI=1S/C21H40O4/c1-3-4-5-6-7-8-9-10-11-12-13-14-15-16-17-18-21(23)25-24-20(2)19-22/h10-11,20,22H,3-9,12-19H2,1-2H3. The topological polar surface area (TPSA) is 55.8 Å². The van der Waals surface area contributed by atoms with E-state index in [-0.39, 0.29) is 12.6 Å². The number of aliphatic hydroxyl groups excluding tert-OH is 1. The van der Waals surface area contributed by atoms with Gasteiger partial charge in [-0.25, -0.2) is 4.79 Å². The third-order valence-corrected chi connectivity index (χ3v) is 4.21. The van der Waals surface area contributed by atoms with Gasteiger partial charge in [0.25, 0.3) is 0 Å². The van der Waals surface area contributed by atoms with E-state index in [0.717, 1.165) is 19.3 Å². The second-order valence-electron chi connectivity index (χ2n) is 6.88. The van der Waals surface area contributed by atoms with Crippen LogP contribution >= 0.6 is 0 Å². The largest absolute Gasteiger partial charge is 0.394 e. The Kier molecular flexibility index (Phi) is 18.8. The summed E-state index contributed by atoms with van der Waals surface area (Å²) in [4.78, 5) is 20.7. The SMILES string of the molecule is CCCCCCCCC=CCCCCCCCC(=O)OOC(C)CO. The van der Waals surface area contributed by atoms with Crippen LogP contribution in [0.1, 0.15) is 104 Å². The van der Waals surface area contributed by atoms with Crippen LogP contribution in [0.5, 0.6) is 0 Å². The van der Waals surface area contributed by atoms with Gasteiger partial charge in [-0.1, -0.05) is 70.4 Å². The van der Waals surface area contributed by atoms with Gasteiger partial charge in [-0.15, -0.1) is 0 Å². The van der Waals surface area contributed by atoms with Crippen LogP contribution in [-0.2, 0) is 14.6 Å². The summed E-state index contributed by atoms with van der Waals surface area (Å²) in [6.07, 6.45) is 20.7. The molecule has 0 heterocycles. The molecule has 0 aromatic rings. The number of aliphatic hydroxyl groups is 1. The predicted octanol–water partition coefficient (Wildman–Crippen LogP) is 5.88. The highest BCUT2D eigenvalue weighted by molar-refractivity contribution is 5.68. The number of hydrogen-bond donors (Lipinski definition) is 1. The van der Waals surface area contributed by atoms with Gasteiger partial charge in [-0.05, 0) is 39.0 Å². The van der Waals surface area contributed by atoms with E-state index in [1.807, 2.05) is 0 Å². The van der Waals surface area contributed by atoms with Crippen LogP contribution in [-0.4, -0.2) is 23.8 Å². The first-order valence-electron chi connectivity index (χ1n) is 10.3. The highest BCUT2D eigenvalue weighted by atomic mass is 17.2. The van der Waals surface area contributed by atoms with E-state index < -0.39 is 6.10 Å². The van der Waals surface area contributed by atoms with Gasteiger partial charge in [-0.3, -0.25) is 4.89 Å². The van der Waals surface area contributed by atoms with E-state index in [2.05, 4.69) is 24.0 Å². The summed E-state index contributed by atoms with van der Waals surface area (Å²) in [5.74, 6) is -0.349. The molecule has 0 aliphatic rings. The van der Waals surface area contributed by atoms with Crippen LogP contribution in [0.25, 0.3) is 0 Å². The lowest BCUT2D eigenvalue weighted by Gasteiger charge is -2.07. The first-order chi connectivity index (χ1) is 12.2. The molecule has 0 amide bonds. The van der Waals surface area contributed by atoms with Crippen LogP contribution in [0, 0.1) is 0 Å². The number of unbranched alkanes of at least 4 members (excludes halogenated alkanes) is 11. The molecule has 0 saturated heterocycles. The van der Waals surface area contributed by atoms with Crippen LogP contribution in [0.3, 0.4) is 0 Å². The molecular formula is C21H40O4. The van der Waals surface area contributed by atoms with Crippen molar-refractivity contribution in [1.29, 1.82) is 0 Å². The van der Waals surface area contributed by atoms with Crippen LogP contribution in [0.15, 0.2) is 12.2 Å². The Morgan fingerprint density at radius 2 is 1.40 bits per heavy atom. The number of carbonyl (C=O) groups excluding carboxylic acids is 1. The summed E-state index contributed by atoms with van der Waals surface area (Å²) >= 11 is 0. The molecule has 0 radical (unpaired) electrons. The smallest absolute Gasteiger partial charge is 0.342 e. The molecule has 4 nitrogen and oxygen atoms in total. The quantitative estimate of drug-likeness (QED) is 0.144. The highest BCUT2D eigenvalue weighted by Crippen LogP contribution is 2.10. The summed E-state index contributed by atoms with van der Waals surface area (Å²) in [7, 11) is 0. The van der Waals surface area contributed by atoms with Crippen molar-refractivity contribution in [2.75, 3.05) is 6.61 Å². The minimum Gasteiger partial charge on any atom is -0.394 e. The predicted molar refractivity (Wildman–Crippen MR) is 103 cm³/mol. The molecule has 1 N–H and O–H groups in total. The van der Waals surface area contributed by atoms with Crippen LogP contribution in [0.2, 0.25) is 0 Å². The zero-order valence-corrected chi connectivity index (χ0v) is 16.5. The molecule has 4 heteroatoms. The molecular weight excluding hydrogens is 316 g/mol. The molecule has 0 fully saturated rings. The van der Waals surface area contributed by atoms with Crippen molar-refractivity contribution < 1.29 is 19.7 Å². The Hall–Kier alpha value is -0.870. The zero-order chi connectivity index (χ0) is 18.6. The van der Waals surface area contributed by atoms with Crippen molar-refractivity contribution in [3.05, 3.63) is 12.2 Å². The molecule has 0 aromatic heterocycles. The molecule has 0 rings (SSSR count). The summed E-state index contributed by atoms with van der Waals surface area (Å²) < 4.78 is 0. The maximum atomic E-state index is 11.4. The lowest BCUT2D eigenvalue weighted by atomic mass is 10.1. The molecule has 0 saturated carbocycles. The minimum atomic E-state index is -0.460. The lowest BCUT2D eigenvalue weighted by molar-refractivity contribution is -0.298. The lowest BCUT2D eigenvalue weighted by Crippen LogP contribution is -2.16. The van der Waals surface area contributed by atoms with Gasteiger partial charge in [0.05, 0.1) is 6.61 Å². The molecule has 1 atom stereocenters. The van der Waals surface area contributed by atoms with Crippen LogP contribution in [0.4, 0.5) is 0 Å². The molecule has 0 aliphatic heterocycles. The van der Waals surface area contributed by atoms with Gasteiger partial charge < -0.3 is 5.11 Å². The zero-order valence-electron chi connectivity index (χ0n) is 16.5. The van der Waals surface area contributed by atoms with Crippen molar-refractivity contribution >= 4 is 5.97 Å². The first kappa shape index (κ1) is 24.1. The highest BCUT2D eigenvalue weighted by Gasteiger charge is 2.07. The Labute approximate surface area is 154 Å². The van der Waals surface area contributed by atoms with Crippen molar-refractivity contribution in [3.63, 3.8) is 0 Å². The fourth-order valence-corrected chi connectivity index (χ4v) is 2.55. The second-order valence-corrected chi connectivity index (χ2v) is 6.88. The average Bonchev–Trinajstić information content (AvgIpc) is 2.62. The van der Waals surface area contributed by atoms with Crippen molar-refractivity contribution in [1.82, 2.24) is 0 Å². The molecule has 148 valence electrons. The van der Waals surface area contributed by atoms with Crippen LogP contribution < -0.4 is 0 Å². The fraction of sp³-hybridized carbons (Fsp3) is 0.857. The van der Waals surface area contributed by atoms with E-state index in [1.165, 1.54) is 64.2 Å². The van der Waals surface area contributed by atoms with Gasteiger partial charge in [0.2, 0.25) is 0 Å². The summed E-state index contributed by atoms with van der Waals surface area (Å²) in [6.45, 7) is 3.75. The Bertz CT molecular complexity index is 315.